The molecule has 0 unspecified atom stereocenters. The number of hydrogen-bond donors (Lipinski definition) is 0. The largest absolute Gasteiger partial charge is 0.305 e. The Hall–Kier alpha value is -3.46. The molecule has 142 valence electrons. The summed E-state index contributed by atoms with van der Waals surface area (Å²) in [6, 6.07) is 26.1. The lowest BCUT2D eigenvalue weighted by molar-refractivity contribution is 0.103. The lowest BCUT2D eigenvalue weighted by Crippen LogP contribution is -2.12. The van der Waals surface area contributed by atoms with Crippen molar-refractivity contribution in [2.75, 3.05) is 0 Å². The fraction of sp³-hybridized carbons (Fsp3) is 0.154. The fourth-order valence-electron chi connectivity index (χ4n) is 3.94. The SMILES string of the molecule is CC(C)(C)c1ccc(C(=O)c2nc3ccccc3n3c2cc2ccccc23)cc1. The van der Waals surface area contributed by atoms with Crippen molar-refractivity contribution < 1.29 is 4.79 Å². The molecule has 0 aliphatic rings. The summed E-state index contributed by atoms with van der Waals surface area (Å²) in [5.74, 6) is -0.0518. The highest BCUT2D eigenvalue weighted by Gasteiger charge is 2.20. The zero-order chi connectivity index (χ0) is 20.2. The van der Waals surface area contributed by atoms with Gasteiger partial charge in [0.2, 0.25) is 5.78 Å². The maximum Gasteiger partial charge on any atom is 0.213 e. The van der Waals surface area contributed by atoms with Gasteiger partial charge in [-0.1, -0.05) is 75.4 Å². The van der Waals surface area contributed by atoms with Gasteiger partial charge in [0.1, 0.15) is 5.69 Å². The number of carbonyl (C=O) groups is 1. The van der Waals surface area contributed by atoms with Gasteiger partial charge < -0.3 is 4.40 Å². The molecule has 0 saturated heterocycles. The van der Waals surface area contributed by atoms with Gasteiger partial charge in [0.25, 0.3) is 0 Å². The Balaban J connectivity index is 1.76. The van der Waals surface area contributed by atoms with Crippen LogP contribution in [0.5, 0.6) is 0 Å². The third-order valence-corrected chi connectivity index (χ3v) is 5.54. The van der Waals surface area contributed by atoms with Crippen LogP contribution in [0.25, 0.3) is 27.5 Å². The van der Waals surface area contributed by atoms with Crippen molar-refractivity contribution >= 4 is 33.2 Å². The second kappa shape index (κ2) is 6.28. The van der Waals surface area contributed by atoms with Gasteiger partial charge in [0.05, 0.1) is 22.1 Å². The molecular formula is C26H22N2O. The zero-order valence-corrected chi connectivity index (χ0v) is 16.8. The maximum atomic E-state index is 13.5. The Kier molecular flexibility index (Phi) is 3.82. The summed E-state index contributed by atoms with van der Waals surface area (Å²) >= 11 is 0. The summed E-state index contributed by atoms with van der Waals surface area (Å²) in [5, 5.41) is 1.10. The number of benzene rings is 3. The average Bonchev–Trinajstić information content (AvgIpc) is 3.12. The molecule has 2 heterocycles. The molecule has 0 atom stereocenters. The van der Waals surface area contributed by atoms with Gasteiger partial charge in [-0.25, -0.2) is 4.98 Å². The third-order valence-electron chi connectivity index (χ3n) is 5.54. The number of nitrogens with zero attached hydrogens (tertiary/aromatic N) is 2. The molecule has 0 aliphatic carbocycles. The predicted molar refractivity (Wildman–Crippen MR) is 119 cm³/mol. The molecule has 29 heavy (non-hydrogen) atoms. The van der Waals surface area contributed by atoms with E-state index in [1.165, 1.54) is 5.56 Å². The summed E-state index contributed by atoms with van der Waals surface area (Å²) in [6.45, 7) is 6.51. The van der Waals surface area contributed by atoms with Crippen LogP contribution in [0, 0.1) is 0 Å². The summed E-state index contributed by atoms with van der Waals surface area (Å²) in [6.07, 6.45) is 0. The normalized spacial score (nSPS) is 12.1. The third kappa shape index (κ3) is 2.82. The number of hydrogen-bond acceptors (Lipinski definition) is 2. The number of carbonyl (C=O) groups excluding carboxylic acids is 1. The fourth-order valence-corrected chi connectivity index (χ4v) is 3.94. The monoisotopic (exact) mass is 378 g/mol. The maximum absolute atomic E-state index is 13.5. The van der Waals surface area contributed by atoms with Crippen molar-refractivity contribution in [3.05, 3.63) is 95.7 Å². The van der Waals surface area contributed by atoms with E-state index in [9.17, 15) is 4.79 Å². The van der Waals surface area contributed by atoms with Gasteiger partial charge in [0, 0.05) is 10.9 Å². The Morgan fingerprint density at radius 1 is 0.793 bits per heavy atom. The first kappa shape index (κ1) is 17.6. The number of para-hydroxylation sites is 3. The molecule has 3 aromatic carbocycles. The number of aromatic nitrogens is 2. The van der Waals surface area contributed by atoms with Crippen LogP contribution in [0.1, 0.15) is 42.4 Å². The van der Waals surface area contributed by atoms with Crippen LogP contribution in [0.2, 0.25) is 0 Å². The molecule has 0 N–H and O–H groups in total. The van der Waals surface area contributed by atoms with E-state index < -0.39 is 0 Å². The molecular weight excluding hydrogens is 356 g/mol. The molecule has 0 fully saturated rings. The summed E-state index contributed by atoms with van der Waals surface area (Å²) < 4.78 is 2.15. The van der Waals surface area contributed by atoms with E-state index in [0.717, 1.165) is 27.5 Å². The van der Waals surface area contributed by atoms with E-state index in [-0.39, 0.29) is 11.2 Å². The Morgan fingerprint density at radius 3 is 2.17 bits per heavy atom. The van der Waals surface area contributed by atoms with Crippen molar-refractivity contribution in [2.45, 2.75) is 26.2 Å². The van der Waals surface area contributed by atoms with E-state index >= 15 is 0 Å². The van der Waals surface area contributed by atoms with Gasteiger partial charge in [-0.2, -0.15) is 0 Å². The molecule has 3 nitrogen and oxygen atoms in total. The quantitative estimate of drug-likeness (QED) is 0.344. The second-order valence-electron chi connectivity index (χ2n) is 8.53. The number of rotatable bonds is 2. The molecule has 0 saturated carbocycles. The molecule has 3 heteroatoms. The molecule has 0 amide bonds. The first-order chi connectivity index (χ1) is 13.9. The first-order valence-electron chi connectivity index (χ1n) is 9.88. The van der Waals surface area contributed by atoms with Crippen LogP contribution in [0.4, 0.5) is 0 Å². The smallest absolute Gasteiger partial charge is 0.213 e. The van der Waals surface area contributed by atoms with E-state index in [4.69, 9.17) is 4.98 Å². The summed E-state index contributed by atoms with van der Waals surface area (Å²) in [7, 11) is 0. The van der Waals surface area contributed by atoms with Gasteiger partial charge in [0.15, 0.2) is 0 Å². The van der Waals surface area contributed by atoms with Gasteiger partial charge in [-0.15, -0.1) is 0 Å². The van der Waals surface area contributed by atoms with E-state index in [2.05, 4.69) is 43.4 Å². The van der Waals surface area contributed by atoms with Crippen LogP contribution >= 0.6 is 0 Å². The van der Waals surface area contributed by atoms with Crippen molar-refractivity contribution in [3.63, 3.8) is 0 Å². The van der Waals surface area contributed by atoms with Crippen molar-refractivity contribution in [1.82, 2.24) is 9.38 Å². The molecule has 0 aliphatic heterocycles. The molecule has 5 rings (SSSR count). The molecule has 2 aromatic heterocycles. The van der Waals surface area contributed by atoms with Crippen molar-refractivity contribution in [3.8, 4) is 0 Å². The van der Waals surface area contributed by atoms with Gasteiger partial charge in [-0.05, 0) is 35.2 Å². The highest BCUT2D eigenvalue weighted by molar-refractivity contribution is 6.14. The van der Waals surface area contributed by atoms with Crippen LogP contribution in [0.3, 0.4) is 0 Å². The van der Waals surface area contributed by atoms with Crippen molar-refractivity contribution in [1.29, 1.82) is 0 Å². The predicted octanol–water partition coefficient (Wildman–Crippen LogP) is 6.17. The standard InChI is InChI=1S/C26H22N2O/c1-26(2,3)19-14-12-17(13-15-19)25(29)24-23-16-18-8-4-6-10-21(18)28(23)22-11-7-5-9-20(22)27-24/h4-16H,1-3H3. The van der Waals surface area contributed by atoms with E-state index in [1.54, 1.807) is 0 Å². The lowest BCUT2D eigenvalue weighted by Gasteiger charge is -2.19. The minimum absolute atomic E-state index is 0.0509. The Labute approximate surface area is 169 Å². The van der Waals surface area contributed by atoms with Crippen LogP contribution in [0.15, 0.2) is 78.9 Å². The topological polar surface area (TPSA) is 34.4 Å². The molecule has 0 radical (unpaired) electrons. The number of fused-ring (bicyclic) bond motifs is 5. The average molecular weight is 378 g/mol. The van der Waals surface area contributed by atoms with Gasteiger partial charge in [-0.3, -0.25) is 4.79 Å². The Bertz CT molecular complexity index is 1390. The summed E-state index contributed by atoms with van der Waals surface area (Å²) in [5.41, 5.74) is 6.15. The second-order valence-corrected chi connectivity index (χ2v) is 8.53. The minimum atomic E-state index is -0.0518. The lowest BCUT2D eigenvalue weighted by atomic mass is 9.86. The first-order valence-corrected chi connectivity index (χ1v) is 9.88. The molecule has 5 aromatic rings. The van der Waals surface area contributed by atoms with Crippen molar-refractivity contribution in [2.24, 2.45) is 0 Å². The van der Waals surface area contributed by atoms with Crippen LogP contribution in [-0.2, 0) is 5.41 Å². The van der Waals surface area contributed by atoms with E-state index in [1.807, 2.05) is 60.7 Å². The zero-order valence-electron chi connectivity index (χ0n) is 16.8. The minimum Gasteiger partial charge on any atom is -0.305 e. The molecule has 0 bridgehead atoms. The number of ketones is 1. The highest BCUT2D eigenvalue weighted by Crippen LogP contribution is 2.29. The van der Waals surface area contributed by atoms with E-state index in [0.29, 0.717) is 11.3 Å². The highest BCUT2D eigenvalue weighted by atomic mass is 16.1. The molecule has 0 spiro atoms. The summed E-state index contributed by atoms with van der Waals surface area (Å²) in [4.78, 5) is 18.2. The van der Waals surface area contributed by atoms with Crippen LogP contribution < -0.4 is 0 Å². The Morgan fingerprint density at radius 2 is 1.45 bits per heavy atom. The van der Waals surface area contributed by atoms with Gasteiger partial charge >= 0.3 is 0 Å². The van der Waals surface area contributed by atoms with Crippen LogP contribution in [-0.4, -0.2) is 15.2 Å².